The van der Waals surface area contributed by atoms with Gasteiger partial charge in [-0.2, -0.15) is 0 Å². The SMILES string of the molecule is Cc1c(OC(=O)OC(C)C)ncc2[nH]c3cccc(Cc4ccccc4Cl)c3c12. The van der Waals surface area contributed by atoms with Gasteiger partial charge in [-0.1, -0.05) is 41.9 Å². The number of nitrogens with zero attached hydrogens (tertiary/aromatic N) is 1. The molecule has 148 valence electrons. The van der Waals surface area contributed by atoms with Crippen LogP contribution in [0.25, 0.3) is 21.8 Å². The Kier molecular flexibility index (Phi) is 5.16. The van der Waals surface area contributed by atoms with Crippen LogP contribution in [0.15, 0.2) is 48.7 Å². The molecule has 0 fully saturated rings. The molecule has 0 aliphatic rings. The molecule has 4 rings (SSSR count). The van der Waals surface area contributed by atoms with Crippen molar-refractivity contribution in [3.63, 3.8) is 0 Å². The number of carbonyl (C=O) groups excluding carboxylic acids is 1. The Morgan fingerprint density at radius 3 is 2.59 bits per heavy atom. The van der Waals surface area contributed by atoms with Crippen molar-refractivity contribution in [3.8, 4) is 5.88 Å². The van der Waals surface area contributed by atoms with Crippen LogP contribution in [-0.4, -0.2) is 22.2 Å². The Balaban J connectivity index is 1.83. The average molecular weight is 409 g/mol. The first-order valence-electron chi connectivity index (χ1n) is 9.44. The zero-order valence-electron chi connectivity index (χ0n) is 16.5. The Morgan fingerprint density at radius 2 is 1.83 bits per heavy atom. The largest absolute Gasteiger partial charge is 0.515 e. The maximum atomic E-state index is 12.0. The number of hydrogen-bond donors (Lipinski definition) is 1. The van der Waals surface area contributed by atoms with Crippen molar-refractivity contribution in [2.75, 3.05) is 0 Å². The number of halogens is 1. The van der Waals surface area contributed by atoms with Crippen LogP contribution in [0.4, 0.5) is 4.79 Å². The van der Waals surface area contributed by atoms with Crippen molar-refractivity contribution in [3.05, 3.63) is 70.4 Å². The van der Waals surface area contributed by atoms with E-state index in [0.717, 1.165) is 43.5 Å². The third kappa shape index (κ3) is 3.78. The summed E-state index contributed by atoms with van der Waals surface area (Å²) in [5.74, 6) is 0.247. The molecule has 0 aliphatic heterocycles. The van der Waals surface area contributed by atoms with Gasteiger partial charge >= 0.3 is 6.16 Å². The second-order valence-corrected chi connectivity index (χ2v) is 7.64. The molecule has 0 aliphatic carbocycles. The number of ether oxygens (including phenoxy) is 2. The number of hydrogen-bond acceptors (Lipinski definition) is 4. The molecule has 0 bridgehead atoms. The van der Waals surface area contributed by atoms with Crippen molar-refractivity contribution in [2.24, 2.45) is 0 Å². The number of aryl methyl sites for hydroxylation is 1. The number of aromatic nitrogens is 2. The molecule has 2 aromatic heterocycles. The minimum absolute atomic E-state index is 0.247. The van der Waals surface area contributed by atoms with Crippen LogP contribution in [0.1, 0.15) is 30.5 Å². The number of H-pyrrole nitrogens is 1. The van der Waals surface area contributed by atoms with Crippen LogP contribution in [0, 0.1) is 6.92 Å². The van der Waals surface area contributed by atoms with Gasteiger partial charge in [0.2, 0.25) is 5.88 Å². The molecule has 5 nitrogen and oxygen atoms in total. The lowest BCUT2D eigenvalue weighted by Gasteiger charge is -2.11. The smallest absolute Gasteiger partial charge is 0.431 e. The van der Waals surface area contributed by atoms with Gasteiger partial charge in [0.1, 0.15) is 0 Å². The molecule has 0 spiro atoms. The summed E-state index contributed by atoms with van der Waals surface area (Å²) in [6.45, 7) is 5.43. The number of nitrogens with one attached hydrogen (secondary N) is 1. The second kappa shape index (κ2) is 7.76. The highest BCUT2D eigenvalue weighted by Crippen LogP contribution is 2.35. The van der Waals surface area contributed by atoms with E-state index in [9.17, 15) is 4.79 Å². The number of benzene rings is 2. The highest BCUT2D eigenvalue weighted by Gasteiger charge is 2.18. The van der Waals surface area contributed by atoms with E-state index in [2.05, 4.69) is 16.0 Å². The lowest BCUT2D eigenvalue weighted by atomic mass is 9.98. The maximum Gasteiger partial charge on any atom is 0.515 e. The van der Waals surface area contributed by atoms with Gasteiger partial charge < -0.3 is 14.5 Å². The zero-order chi connectivity index (χ0) is 20.5. The molecule has 1 N–H and O–H groups in total. The van der Waals surface area contributed by atoms with E-state index in [1.165, 1.54) is 0 Å². The van der Waals surface area contributed by atoms with E-state index < -0.39 is 6.16 Å². The minimum atomic E-state index is -0.758. The Hall–Kier alpha value is -3.05. The van der Waals surface area contributed by atoms with E-state index in [4.69, 9.17) is 21.1 Å². The molecule has 0 atom stereocenters. The molecular weight excluding hydrogens is 388 g/mol. The predicted molar refractivity (Wildman–Crippen MR) is 115 cm³/mol. The van der Waals surface area contributed by atoms with E-state index in [0.29, 0.717) is 6.42 Å². The topological polar surface area (TPSA) is 64.2 Å². The highest BCUT2D eigenvalue weighted by molar-refractivity contribution is 6.31. The summed E-state index contributed by atoms with van der Waals surface area (Å²) >= 11 is 6.38. The number of pyridine rings is 1. The first-order chi connectivity index (χ1) is 13.9. The first-order valence-corrected chi connectivity index (χ1v) is 9.82. The molecule has 2 aromatic carbocycles. The van der Waals surface area contributed by atoms with Crippen LogP contribution >= 0.6 is 11.6 Å². The van der Waals surface area contributed by atoms with Gasteiger partial charge in [-0.25, -0.2) is 9.78 Å². The quantitative estimate of drug-likeness (QED) is 0.409. The standard InChI is InChI=1S/C23H21ClN2O3/c1-13(2)28-23(27)29-22-14(3)20-19(12-25-22)26-18-10-6-8-16(21(18)20)11-15-7-4-5-9-17(15)24/h4-10,12-13,26H,11H2,1-3H3. The molecule has 29 heavy (non-hydrogen) atoms. The average Bonchev–Trinajstić information content (AvgIpc) is 3.05. The summed E-state index contributed by atoms with van der Waals surface area (Å²) in [4.78, 5) is 19.7. The molecular formula is C23H21ClN2O3. The van der Waals surface area contributed by atoms with Crippen LogP contribution in [0.3, 0.4) is 0 Å². The number of fused-ring (bicyclic) bond motifs is 3. The Bertz CT molecular complexity index is 1210. The number of aromatic amines is 1. The summed E-state index contributed by atoms with van der Waals surface area (Å²) in [5, 5.41) is 2.79. The molecule has 0 amide bonds. The summed E-state index contributed by atoms with van der Waals surface area (Å²) in [6, 6.07) is 14.0. The molecule has 2 heterocycles. The van der Waals surface area contributed by atoms with Gasteiger partial charge in [-0.3, -0.25) is 0 Å². The third-order valence-electron chi connectivity index (χ3n) is 4.80. The monoisotopic (exact) mass is 408 g/mol. The van der Waals surface area contributed by atoms with Crippen molar-refractivity contribution in [2.45, 2.75) is 33.3 Å². The van der Waals surface area contributed by atoms with Crippen molar-refractivity contribution in [1.29, 1.82) is 0 Å². The molecule has 0 saturated heterocycles. The van der Waals surface area contributed by atoms with Crippen LogP contribution in [0.2, 0.25) is 5.02 Å². The van der Waals surface area contributed by atoms with Gasteiger partial charge in [0.25, 0.3) is 0 Å². The Morgan fingerprint density at radius 1 is 1.07 bits per heavy atom. The van der Waals surface area contributed by atoms with Gasteiger partial charge in [0.15, 0.2) is 0 Å². The lowest BCUT2D eigenvalue weighted by Crippen LogP contribution is -2.16. The van der Waals surface area contributed by atoms with Crippen LogP contribution < -0.4 is 4.74 Å². The zero-order valence-corrected chi connectivity index (χ0v) is 17.2. The summed E-state index contributed by atoms with van der Waals surface area (Å²) in [6.07, 6.45) is 1.35. The predicted octanol–water partition coefficient (Wildman–Crippen LogP) is 6.19. The fourth-order valence-corrected chi connectivity index (χ4v) is 3.75. The molecule has 0 saturated carbocycles. The summed E-state index contributed by atoms with van der Waals surface area (Å²) in [5.41, 5.74) is 4.85. The minimum Gasteiger partial charge on any atom is -0.431 e. The van der Waals surface area contributed by atoms with Gasteiger partial charge in [-0.05, 0) is 50.5 Å². The van der Waals surface area contributed by atoms with E-state index in [1.54, 1.807) is 20.0 Å². The summed E-state index contributed by atoms with van der Waals surface area (Å²) in [7, 11) is 0. The third-order valence-corrected chi connectivity index (χ3v) is 5.17. The normalized spacial score (nSPS) is 11.3. The van der Waals surface area contributed by atoms with Gasteiger partial charge in [0.05, 0.1) is 17.8 Å². The van der Waals surface area contributed by atoms with Gasteiger partial charge in [-0.15, -0.1) is 0 Å². The van der Waals surface area contributed by atoms with E-state index >= 15 is 0 Å². The summed E-state index contributed by atoms with van der Waals surface area (Å²) < 4.78 is 10.4. The fourth-order valence-electron chi connectivity index (χ4n) is 3.55. The van der Waals surface area contributed by atoms with Crippen molar-refractivity contribution < 1.29 is 14.3 Å². The van der Waals surface area contributed by atoms with Crippen molar-refractivity contribution >= 4 is 39.6 Å². The van der Waals surface area contributed by atoms with Crippen LogP contribution in [0.5, 0.6) is 5.88 Å². The van der Waals surface area contributed by atoms with Crippen molar-refractivity contribution in [1.82, 2.24) is 9.97 Å². The number of carbonyl (C=O) groups is 1. The molecule has 0 unspecified atom stereocenters. The molecule has 6 heteroatoms. The molecule has 0 radical (unpaired) electrons. The van der Waals surface area contributed by atoms with E-state index in [-0.39, 0.29) is 12.0 Å². The maximum absolute atomic E-state index is 12.0. The molecule has 4 aromatic rings. The van der Waals surface area contributed by atoms with Crippen LogP contribution in [-0.2, 0) is 11.2 Å². The number of rotatable bonds is 4. The second-order valence-electron chi connectivity index (χ2n) is 7.23. The Labute approximate surface area is 173 Å². The highest BCUT2D eigenvalue weighted by atomic mass is 35.5. The lowest BCUT2D eigenvalue weighted by molar-refractivity contribution is 0.0714. The van der Waals surface area contributed by atoms with E-state index in [1.807, 2.05) is 43.3 Å². The van der Waals surface area contributed by atoms with Gasteiger partial charge in [0, 0.05) is 26.9 Å². The first kappa shape index (κ1) is 19.3. The fraction of sp³-hybridized carbons (Fsp3) is 0.217.